The molecule has 0 aliphatic rings. The van der Waals surface area contributed by atoms with Crippen LogP contribution >= 0.6 is 0 Å². The minimum Gasteiger partial charge on any atom is -0.412 e. The van der Waals surface area contributed by atoms with Gasteiger partial charge in [-0.05, 0) is 24.3 Å². The third kappa shape index (κ3) is 10.5. The number of fused-ring (bicyclic) bond motifs is 2. The number of benzene rings is 2. The molecule has 208 valence electrons. The summed E-state index contributed by atoms with van der Waals surface area (Å²) in [5.74, 6) is 0.133. The van der Waals surface area contributed by atoms with Gasteiger partial charge in [-0.15, -0.1) is 0 Å². The number of aromatic nitrogens is 2. The van der Waals surface area contributed by atoms with Crippen LogP contribution in [0.25, 0.3) is 21.8 Å². The Labute approximate surface area is 218 Å². The number of halogens is 4. The molecule has 0 saturated carbocycles. The number of carbonyl (C=O) groups is 1. The number of carbonyl (C=O) groups excluding carboxylic acids is 3. The molecule has 0 spiro atoms. The average Bonchev–Trinajstić information content (AvgIpc) is 3.52. The normalized spacial score (nSPS) is 8.88. The number of nitro groups is 2. The zero-order chi connectivity index (χ0) is 29.7. The second-order valence-corrected chi connectivity index (χ2v) is 6.62. The number of nitrogens with one attached hydrogen (secondary N) is 2. The van der Waals surface area contributed by atoms with E-state index in [4.69, 9.17) is 20.6 Å². The highest BCUT2D eigenvalue weighted by Crippen LogP contribution is 2.22. The fraction of sp³-hybridized carbons (Fsp3) is 0. The number of nitrogens with two attached hydrogens (primary N) is 1. The first-order valence-corrected chi connectivity index (χ1v) is 9.69. The highest BCUT2D eigenvalue weighted by molar-refractivity contribution is 5.97. The molecule has 6 N–H and O–H groups in total. The second kappa shape index (κ2) is 15.9. The van der Waals surface area contributed by atoms with E-state index >= 15 is 0 Å². The summed E-state index contributed by atoms with van der Waals surface area (Å²) >= 11 is 0. The summed E-state index contributed by atoms with van der Waals surface area (Å²) in [5.41, 5.74) is 6.84. The van der Waals surface area contributed by atoms with E-state index in [1.807, 2.05) is 6.07 Å². The largest absolute Gasteiger partial charge is 0.412 e. The van der Waals surface area contributed by atoms with E-state index in [1.54, 1.807) is 24.3 Å². The van der Waals surface area contributed by atoms with Crippen molar-refractivity contribution >= 4 is 51.0 Å². The highest BCUT2D eigenvalue weighted by Gasteiger charge is 2.10. The van der Waals surface area contributed by atoms with Crippen molar-refractivity contribution in [3.8, 4) is 6.07 Å². The number of non-ortho nitro benzene ring substituents is 2. The Balaban J connectivity index is 0.000000564. The molecule has 2 aromatic heterocycles. The van der Waals surface area contributed by atoms with Crippen LogP contribution in [0.4, 0.5) is 28.9 Å². The predicted octanol–water partition coefficient (Wildman–Crippen LogP) is 3.49. The lowest BCUT2D eigenvalue weighted by molar-refractivity contribution is -0.384. The molecule has 1 amide bonds. The summed E-state index contributed by atoms with van der Waals surface area (Å²) in [4.78, 5) is 53.5. The van der Waals surface area contributed by atoms with Gasteiger partial charge in [0.05, 0.1) is 20.9 Å². The van der Waals surface area contributed by atoms with E-state index in [2.05, 4.69) is 9.97 Å². The van der Waals surface area contributed by atoms with Gasteiger partial charge in [0.25, 0.3) is 17.3 Å². The van der Waals surface area contributed by atoms with Crippen LogP contribution in [0.2, 0.25) is 0 Å². The SMILES string of the molecule is N#Cc1cc2ccc([N+](=O)[O-])cc2[nH]1.NC(=O)c1cc2ccc([N+](=O)[O-])cc2[nH]1.O.O=C=C(F)F.O=C=C(F)F. The Morgan fingerprint density at radius 2 is 1.20 bits per heavy atom. The molecule has 0 aliphatic carbocycles. The van der Waals surface area contributed by atoms with Gasteiger partial charge in [-0.3, -0.25) is 25.0 Å². The lowest BCUT2D eigenvalue weighted by Gasteiger charge is -1.90. The summed E-state index contributed by atoms with van der Waals surface area (Å²) in [6.07, 6.45) is -4.60. The molecule has 18 heteroatoms. The van der Waals surface area contributed by atoms with Gasteiger partial charge in [0, 0.05) is 35.0 Å². The van der Waals surface area contributed by atoms with Crippen LogP contribution < -0.4 is 5.73 Å². The van der Waals surface area contributed by atoms with E-state index in [9.17, 15) is 42.6 Å². The molecule has 4 rings (SSSR count). The molecule has 0 saturated heterocycles. The number of hydrogen-bond acceptors (Lipinski definition) is 8. The number of nitro benzene ring substituents is 2. The van der Waals surface area contributed by atoms with E-state index in [0.29, 0.717) is 28.6 Å². The molecule has 0 fully saturated rings. The van der Waals surface area contributed by atoms with Gasteiger partial charge in [0.15, 0.2) is 11.9 Å². The number of rotatable bonds is 3. The van der Waals surface area contributed by atoms with Gasteiger partial charge in [0.1, 0.15) is 17.5 Å². The summed E-state index contributed by atoms with van der Waals surface area (Å²) in [7, 11) is 0. The van der Waals surface area contributed by atoms with Crippen LogP contribution in [0, 0.1) is 31.6 Å². The van der Waals surface area contributed by atoms with Crippen molar-refractivity contribution in [2.45, 2.75) is 0 Å². The number of hydrogen-bond donors (Lipinski definition) is 3. The maximum Gasteiger partial charge on any atom is 0.352 e. The number of nitrogens with zero attached hydrogens (tertiary/aromatic N) is 3. The molecule has 40 heavy (non-hydrogen) atoms. The number of amides is 1. The summed E-state index contributed by atoms with van der Waals surface area (Å²) < 4.78 is 41.0. The third-order valence-electron chi connectivity index (χ3n) is 4.17. The van der Waals surface area contributed by atoms with E-state index in [-0.39, 0.29) is 22.5 Å². The third-order valence-corrected chi connectivity index (χ3v) is 4.17. The fourth-order valence-electron chi connectivity index (χ4n) is 2.65. The predicted molar refractivity (Wildman–Crippen MR) is 130 cm³/mol. The van der Waals surface area contributed by atoms with Gasteiger partial charge < -0.3 is 21.2 Å². The van der Waals surface area contributed by atoms with Gasteiger partial charge >= 0.3 is 12.2 Å². The van der Waals surface area contributed by atoms with Gasteiger partial charge in [-0.1, -0.05) is 0 Å². The smallest absolute Gasteiger partial charge is 0.352 e. The minimum absolute atomic E-state index is 0. The van der Waals surface area contributed by atoms with Gasteiger partial charge in [-0.25, -0.2) is 9.59 Å². The summed E-state index contributed by atoms with van der Waals surface area (Å²) in [6, 6.07) is 13.9. The Kier molecular flexibility index (Phi) is 13.4. The first-order chi connectivity index (χ1) is 18.3. The van der Waals surface area contributed by atoms with Crippen molar-refractivity contribution in [3.63, 3.8) is 0 Å². The standard InChI is InChI=1S/C9H7N3O3.C9H5N3O2.2C2F2O.H2O/c10-9(13)8-3-5-1-2-6(12(14)15)4-7(5)11-8;10-5-7-3-6-1-2-8(12(13)14)4-9(6)11-7;2*3-2(4)1-5;/h1-4,11H,(H2,10,13);1-4,11H;;;1H2. The number of primary amides is 1. The average molecular weight is 566 g/mol. The summed E-state index contributed by atoms with van der Waals surface area (Å²) in [5, 5.41) is 31.1. The van der Waals surface area contributed by atoms with Crippen molar-refractivity contribution < 1.29 is 47.3 Å². The number of H-pyrrole nitrogens is 2. The van der Waals surface area contributed by atoms with Crippen LogP contribution in [0.1, 0.15) is 16.2 Å². The van der Waals surface area contributed by atoms with Crippen molar-refractivity contribution in [1.82, 2.24) is 9.97 Å². The Bertz CT molecular complexity index is 1640. The van der Waals surface area contributed by atoms with Crippen molar-refractivity contribution in [2.24, 2.45) is 5.73 Å². The van der Waals surface area contributed by atoms with Gasteiger partial charge in [0.2, 0.25) is 0 Å². The number of nitriles is 1. The lowest BCUT2D eigenvalue weighted by atomic mass is 10.2. The first kappa shape index (κ1) is 33.9. The van der Waals surface area contributed by atoms with Crippen molar-refractivity contribution in [1.29, 1.82) is 5.26 Å². The Hall–Kier alpha value is -6.14. The first-order valence-electron chi connectivity index (χ1n) is 9.69. The van der Waals surface area contributed by atoms with Crippen LogP contribution in [0.5, 0.6) is 0 Å². The molecule has 4 aromatic rings. The second-order valence-electron chi connectivity index (χ2n) is 6.62. The zero-order valence-corrected chi connectivity index (χ0v) is 19.4. The molecule has 0 bridgehead atoms. The highest BCUT2D eigenvalue weighted by atomic mass is 19.3. The Morgan fingerprint density at radius 3 is 1.55 bits per heavy atom. The molecule has 2 aromatic carbocycles. The Morgan fingerprint density at radius 1 is 0.800 bits per heavy atom. The molecular formula is C22H14F4N6O8. The number of aromatic amines is 2. The molecular weight excluding hydrogens is 552 g/mol. The molecule has 0 atom stereocenters. The minimum atomic E-state index is -2.30. The zero-order valence-electron chi connectivity index (χ0n) is 19.4. The van der Waals surface area contributed by atoms with Crippen molar-refractivity contribution in [2.75, 3.05) is 0 Å². The molecule has 0 unspecified atom stereocenters. The maximum absolute atomic E-state index is 10.8. The topological polar surface area (TPSA) is 250 Å². The molecule has 2 heterocycles. The fourth-order valence-corrected chi connectivity index (χ4v) is 2.65. The molecule has 0 aliphatic heterocycles. The quantitative estimate of drug-likeness (QED) is 0.143. The lowest BCUT2D eigenvalue weighted by Crippen LogP contribution is -2.10. The van der Waals surface area contributed by atoms with Crippen molar-refractivity contribution in [3.05, 3.63) is 92.3 Å². The van der Waals surface area contributed by atoms with E-state index < -0.39 is 27.9 Å². The van der Waals surface area contributed by atoms with E-state index in [0.717, 1.165) is 10.8 Å². The van der Waals surface area contributed by atoms with Crippen LogP contribution in [0.3, 0.4) is 0 Å². The van der Waals surface area contributed by atoms with E-state index in [1.165, 1.54) is 24.3 Å². The molecule has 0 radical (unpaired) electrons. The van der Waals surface area contributed by atoms with Crippen LogP contribution in [0.15, 0.2) is 60.7 Å². The summed E-state index contributed by atoms with van der Waals surface area (Å²) in [6.45, 7) is 0. The molecule has 14 nitrogen and oxygen atoms in total. The van der Waals surface area contributed by atoms with Crippen LogP contribution in [-0.2, 0) is 9.59 Å². The monoisotopic (exact) mass is 566 g/mol. The maximum atomic E-state index is 10.8. The van der Waals surface area contributed by atoms with Crippen LogP contribution in [-0.4, -0.2) is 43.1 Å². The van der Waals surface area contributed by atoms with Gasteiger partial charge in [-0.2, -0.15) is 22.8 Å².